The van der Waals surface area contributed by atoms with E-state index in [1.165, 1.54) is 48.4 Å². The number of hydrogen-bond acceptors (Lipinski definition) is 6. The quantitative estimate of drug-likeness (QED) is 0.115. The number of hydrogen-bond donors (Lipinski definition) is 4. The molecule has 1 aromatic heterocycles. The van der Waals surface area contributed by atoms with Crippen molar-refractivity contribution in [1.82, 2.24) is 10.3 Å². The number of unbranched alkanes of at least 4 members (excludes halogenated alkanes) is 2. The van der Waals surface area contributed by atoms with Crippen LogP contribution in [0.4, 0.5) is 29.7 Å². The minimum absolute atomic E-state index is 0.0183. The summed E-state index contributed by atoms with van der Waals surface area (Å²) in [4.78, 5) is 39.5. The number of thiazole rings is 1. The molecule has 0 fully saturated rings. The lowest BCUT2D eigenvalue weighted by atomic mass is 10.1. The number of fused-ring (bicyclic) bond motifs is 1. The maximum atomic E-state index is 12.9. The van der Waals surface area contributed by atoms with Crippen molar-refractivity contribution in [2.75, 3.05) is 29.5 Å². The molecular weight excluding hydrogens is 567 g/mol. The Morgan fingerprint density at radius 1 is 0.952 bits per heavy atom. The van der Waals surface area contributed by atoms with Crippen LogP contribution in [0.2, 0.25) is 0 Å². The third-order valence-corrected chi connectivity index (χ3v) is 7.10. The third kappa shape index (κ3) is 9.03. The van der Waals surface area contributed by atoms with Gasteiger partial charge in [0.15, 0.2) is 5.13 Å². The fourth-order valence-electron chi connectivity index (χ4n) is 3.78. The van der Waals surface area contributed by atoms with Crippen LogP contribution in [0, 0.1) is 6.92 Å². The van der Waals surface area contributed by atoms with E-state index in [1.54, 1.807) is 38.2 Å². The second-order valence-corrected chi connectivity index (χ2v) is 10.3. The highest BCUT2D eigenvalue weighted by Gasteiger charge is 2.30. The Balaban J connectivity index is 0.000000531. The van der Waals surface area contributed by atoms with E-state index >= 15 is 0 Å². The van der Waals surface area contributed by atoms with Crippen molar-refractivity contribution < 1.29 is 27.6 Å². The molecule has 3 amide bonds. The molecule has 12 heteroatoms. The van der Waals surface area contributed by atoms with E-state index in [-0.39, 0.29) is 17.2 Å². The summed E-state index contributed by atoms with van der Waals surface area (Å²) in [6.07, 6.45) is -0.245. The molecule has 42 heavy (non-hydrogen) atoms. The van der Waals surface area contributed by atoms with Crippen molar-refractivity contribution in [2.45, 2.75) is 39.3 Å². The molecular formula is C30H32F3N5O3S. The van der Waals surface area contributed by atoms with Gasteiger partial charge >= 0.3 is 6.18 Å². The molecule has 1 heterocycles. The van der Waals surface area contributed by atoms with Crippen molar-refractivity contribution in [1.29, 1.82) is 0 Å². The second-order valence-electron chi connectivity index (χ2n) is 9.25. The van der Waals surface area contributed by atoms with Crippen LogP contribution in [0.3, 0.4) is 0 Å². The summed E-state index contributed by atoms with van der Waals surface area (Å²) in [6, 6.07) is 14.2. The highest BCUT2D eigenvalue weighted by atomic mass is 32.1. The molecule has 222 valence electrons. The van der Waals surface area contributed by atoms with Crippen molar-refractivity contribution >= 4 is 56.3 Å². The van der Waals surface area contributed by atoms with Gasteiger partial charge in [-0.15, -0.1) is 0 Å². The van der Waals surface area contributed by atoms with Crippen LogP contribution < -0.4 is 21.3 Å². The molecule has 0 spiro atoms. The molecule has 3 aromatic carbocycles. The minimum Gasteiger partial charge on any atom is -0.365 e. The molecule has 4 N–H and O–H groups in total. The number of rotatable bonds is 10. The average molecular weight is 600 g/mol. The predicted octanol–water partition coefficient (Wildman–Crippen LogP) is 7.09. The van der Waals surface area contributed by atoms with Gasteiger partial charge in [-0.05, 0) is 67.4 Å². The number of nitrogens with one attached hydrogen (secondary N) is 4. The van der Waals surface area contributed by atoms with Gasteiger partial charge in [0.05, 0.1) is 15.8 Å². The summed E-state index contributed by atoms with van der Waals surface area (Å²) < 4.78 is 39.7. The molecule has 0 unspecified atom stereocenters. The van der Waals surface area contributed by atoms with Gasteiger partial charge in [0, 0.05) is 36.1 Å². The maximum absolute atomic E-state index is 12.9. The van der Waals surface area contributed by atoms with Crippen LogP contribution >= 0.6 is 11.3 Å². The number of benzene rings is 3. The maximum Gasteiger partial charge on any atom is 0.416 e. The first-order valence-electron chi connectivity index (χ1n) is 13.2. The van der Waals surface area contributed by atoms with Gasteiger partial charge in [0.25, 0.3) is 11.8 Å². The van der Waals surface area contributed by atoms with Crippen molar-refractivity contribution in [3.8, 4) is 0 Å². The Morgan fingerprint density at radius 3 is 2.36 bits per heavy atom. The Labute approximate surface area is 245 Å². The Morgan fingerprint density at radius 2 is 1.67 bits per heavy atom. The van der Waals surface area contributed by atoms with Gasteiger partial charge in [-0.25, -0.2) is 4.98 Å². The fourth-order valence-corrected chi connectivity index (χ4v) is 4.64. The third-order valence-electron chi connectivity index (χ3n) is 6.07. The zero-order valence-corrected chi connectivity index (χ0v) is 24.2. The van der Waals surface area contributed by atoms with Crippen LogP contribution in [-0.2, 0) is 11.0 Å². The van der Waals surface area contributed by atoms with Crippen LogP contribution in [0.5, 0.6) is 0 Å². The number of carbonyl (C=O) groups is 3. The first kappa shape index (κ1) is 32.1. The second kappa shape index (κ2) is 15.0. The first-order valence-corrected chi connectivity index (χ1v) is 14.0. The Hall–Kier alpha value is -4.45. The van der Waals surface area contributed by atoms with E-state index in [9.17, 15) is 27.6 Å². The number of aryl methyl sites for hydroxylation is 1. The number of carbonyl (C=O) groups excluding carboxylic acids is 3. The van der Waals surface area contributed by atoms with Crippen LogP contribution in [0.1, 0.15) is 58.0 Å². The number of nitrogens with zero attached hydrogens (tertiary/aromatic N) is 1. The van der Waals surface area contributed by atoms with E-state index < -0.39 is 17.6 Å². The molecule has 0 saturated carbocycles. The molecule has 4 rings (SSSR count). The van der Waals surface area contributed by atoms with E-state index in [4.69, 9.17) is 0 Å². The lowest BCUT2D eigenvalue weighted by molar-refractivity contribution is -0.137. The number of alkyl halides is 3. The molecule has 0 atom stereocenters. The summed E-state index contributed by atoms with van der Waals surface area (Å²) in [5, 5.41) is 11.6. The normalized spacial score (nSPS) is 10.8. The summed E-state index contributed by atoms with van der Waals surface area (Å²) >= 11 is 1.42. The predicted molar refractivity (Wildman–Crippen MR) is 161 cm³/mol. The van der Waals surface area contributed by atoms with Gasteiger partial charge < -0.3 is 21.3 Å². The molecule has 0 aliphatic carbocycles. The SMILES string of the molecule is CCCCCNC=O.CNc1nc2ccc(C(=O)Nc3cc(C(=O)Nc4cccc(C(F)(F)F)c4)ccc3C)cc2s1. The number of halogens is 3. The van der Waals surface area contributed by atoms with Crippen molar-refractivity contribution in [3.05, 3.63) is 82.9 Å². The zero-order chi connectivity index (χ0) is 30.7. The number of amides is 3. The lowest BCUT2D eigenvalue weighted by Gasteiger charge is -2.12. The summed E-state index contributed by atoms with van der Waals surface area (Å²) in [5.74, 6) is -0.958. The smallest absolute Gasteiger partial charge is 0.365 e. The monoisotopic (exact) mass is 599 g/mol. The number of anilines is 3. The summed E-state index contributed by atoms with van der Waals surface area (Å²) in [6.45, 7) is 4.74. The van der Waals surface area contributed by atoms with E-state index in [0.29, 0.717) is 11.3 Å². The topological polar surface area (TPSA) is 112 Å². The van der Waals surface area contributed by atoms with Crippen molar-refractivity contribution in [2.24, 2.45) is 0 Å². The highest BCUT2D eigenvalue weighted by molar-refractivity contribution is 7.22. The zero-order valence-electron chi connectivity index (χ0n) is 23.4. The van der Waals surface area contributed by atoms with Crippen LogP contribution in [0.25, 0.3) is 10.2 Å². The molecule has 0 saturated heterocycles. The van der Waals surface area contributed by atoms with E-state index in [1.807, 2.05) is 0 Å². The van der Waals surface area contributed by atoms with Gasteiger partial charge in [0.1, 0.15) is 0 Å². The largest absolute Gasteiger partial charge is 0.416 e. The van der Waals surface area contributed by atoms with Crippen LogP contribution in [0.15, 0.2) is 60.7 Å². The minimum atomic E-state index is -4.52. The molecule has 0 radical (unpaired) electrons. The molecule has 4 aromatic rings. The van der Waals surface area contributed by atoms with E-state index in [2.05, 4.69) is 33.2 Å². The molecule has 0 aliphatic rings. The average Bonchev–Trinajstić information content (AvgIpc) is 3.39. The molecule has 8 nitrogen and oxygen atoms in total. The van der Waals surface area contributed by atoms with Crippen LogP contribution in [-0.4, -0.2) is 36.8 Å². The van der Waals surface area contributed by atoms with Gasteiger partial charge in [-0.2, -0.15) is 13.2 Å². The van der Waals surface area contributed by atoms with Gasteiger partial charge in [-0.3, -0.25) is 14.4 Å². The van der Waals surface area contributed by atoms with E-state index in [0.717, 1.165) is 52.4 Å². The van der Waals surface area contributed by atoms with Crippen molar-refractivity contribution in [3.63, 3.8) is 0 Å². The Kier molecular flexibility index (Phi) is 11.4. The fraction of sp³-hybridized carbons (Fsp3) is 0.267. The molecule has 0 aliphatic heterocycles. The highest BCUT2D eigenvalue weighted by Crippen LogP contribution is 2.31. The van der Waals surface area contributed by atoms with Gasteiger partial charge in [0.2, 0.25) is 6.41 Å². The summed E-state index contributed by atoms with van der Waals surface area (Å²) in [5.41, 5.74) is 1.69. The standard InChI is InChI=1S/C24H19F3N4O2S.C6H13NO/c1-13-6-7-14(21(32)29-17-5-3-4-16(12-17)24(25,26)27)10-19(13)30-22(33)15-8-9-18-20(11-15)34-23(28-2)31-18;1-2-3-4-5-7-6-8/h3-12H,1-2H3,(H,28,31)(H,29,32)(H,30,33);6H,2-5H2,1H3,(H,7,8). The Bertz CT molecular complexity index is 1540. The number of aromatic nitrogens is 1. The molecule has 0 bridgehead atoms. The summed E-state index contributed by atoms with van der Waals surface area (Å²) in [7, 11) is 1.77. The van der Waals surface area contributed by atoms with Gasteiger partial charge in [-0.1, -0.05) is 43.2 Å². The lowest BCUT2D eigenvalue weighted by Crippen LogP contribution is -2.16. The first-order chi connectivity index (χ1) is 20.0.